The number of likely N-dealkylation sites (N-methyl/N-ethyl adjacent to an activating group) is 1. The number of amides is 1. The number of fused-ring (bicyclic) bond motifs is 1. The maximum absolute atomic E-state index is 13.5. The van der Waals surface area contributed by atoms with Gasteiger partial charge in [-0.05, 0) is 81.7 Å². The minimum Gasteiger partial charge on any atom is -0.494 e. The van der Waals surface area contributed by atoms with E-state index < -0.39 is 0 Å². The van der Waals surface area contributed by atoms with Crippen LogP contribution in [0, 0.1) is 13.8 Å². The summed E-state index contributed by atoms with van der Waals surface area (Å²) < 4.78 is 5.58. The Morgan fingerprint density at radius 1 is 1.15 bits per heavy atom. The molecule has 0 unspecified atom stereocenters. The van der Waals surface area contributed by atoms with Gasteiger partial charge in [-0.1, -0.05) is 12.1 Å². The van der Waals surface area contributed by atoms with Crippen molar-refractivity contribution in [3.63, 3.8) is 0 Å². The minimum absolute atomic E-state index is 0.0104. The molecule has 3 aromatic rings. The van der Waals surface area contributed by atoms with E-state index in [-0.39, 0.29) is 11.4 Å². The molecule has 33 heavy (non-hydrogen) atoms. The lowest BCUT2D eigenvalue weighted by atomic mass is 9.93. The monoisotopic (exact) mass is 444 g/mol. The quantitative estimate of drug-likeness (QED) is 0.622. The number of carbonyl (C=O) groups is 1. The van der Waals surface area contributed by atoms with E-state index in [2.05, 4.69) is 59.3 Å². The number of aryl methyl sites for hydroxylation is 2. The molecule has 0 atom stereocenters. The van der Waals surface area contributed by atoms with Crippen LogP contribution in [-0.2, 0) is 5.54 Å². The zero-order chi connectivity index (χ0) is 23.3. The SMILES string of the molecule is COc1cc(C)c(C2(NC(=O)c3cc(N4CC(N(C)C)C4)ccc3C)CC2)c2cccnc12. The van der Waals surface area contributed by atoms with E-state index in [1.165, 1.54) is 0 Å². The molecule has 2 heterocycles. The van der Waals surface area contributed by atoms with Gasteiger partial charge in [0.1, 0.15) is 11.3 Å². The predicted octanol–water partition coefficient (Wildman–Crippen LogP) is 4.03. The smallest absolute Gasteiger partial charge is 0.252 e. The molecular weight excluding hydrogens is 412 g/mol. The zero-order valence-electron chi connectivity index (χ0n) is 20.1. The first-order valence-electron chi connectivity index (χ1n) is 11.6. The van der Waals surface area contributed by atoms with Crippen LogP contribution in [0.1, 0.15) is 39.9 Å². The molecule has 1 saturated heterocycles. The van der Waals surface area contributed by atoms with Crippen LogP contribution >= 0.6 is 0 Å². The maximum atomic E-state index is 13.5. The van der Waals surface area contributed by atoms with E-state index in [0.717, 1.165) is 70.5 Å². The Morgan fingerprint density at radius 3 is 2.58 bits per heavy atom. The fourth-order valence-corrected chi connectivity index (χ4v) is 5.03. The third kappa shape index (κ3) is 3.72. The number of carbonyl (C=O) groups excluding carboxylic acids is 1. The number of aromatic nitrogens is 1. The summed E-state index contributed by atoms with van der Waals surface area (Å²) in [5, 5.41) is 4.46. The summed E-state index contributed by atoms with van der Waals surface area (Å²) in [7, 11) is 5.91. The lowest BCUT2D eigenvalue weighted by Gasteiger charge is -2.44. The number of ether oxygens (including phenoxy) is 1. The average molecular weight is 445 g/mol. The Kier molecular flexibility index (Phi) is 5.28. The number of methoxy groups -OCH3 is 1. The number of rotatable bonds is 6. The van der Waals surface area contributed by atoms with Crippen LogP contribution in [0.4, 0.5) is 5.69 Å². The van der Waals surface area contributed by atoms with Gasteiger partial charge in [-0.25, -0.2) is 0 Å². The van der Waals surface area contributed by atoms with Gasteiger partial charge in [-0.3, -0.25) is 9.78 Å². The van der Waals surface area contributed by atoms with E-state index in [0.29, 0.717) is 6.04 Å². The van der Waals surface area contributed by atoms with Gasteiger partial charge >= 0.3 is 0 Å². The maximum Gasteiger partial charge on any atom is 0.252 e. The van der Waals surface area contributed by atoms with Crippen LogP contribution in [0.2, 0.25) is 0 Å². The van der Waals surface area contributed by atoms with E-state index >= 15 is 0 Å². The van der Waals surface area contributed by atoms with Gasteiger partial charge in [-0.15, -0.1) is 0 Å². The molecular formula is C27H32N4O2. The third-order valence-electron chi connectivity index (χ3n) is 7.28. The highest BCUT2D eigenvalue weighted by Gasteiger charge is 2.48. The number of hydrogen-bond acceptors (Lipinski definition) is 5. The fraction of sp³-hybridized carbons (Fsp3) is 0.407. The first-order valence-corrected chi connectivity index (χ1v) is 11.6. The lowest BCUT2D eigenvalue weighted by Crippen LogP contribution is -2.57. The van der Waals surface area contributed by atoms with Crippen molar-refractivity contribution < 1.29 is 9.53 Å². The second-order valence-corrected chi connectivity index (χ2v) is 9.73. The molecule has 2 aliphatic rings. The number of anilines is 1. The summed E-state index contributed by atoms with van der Waals surface area (Å²) in [6.45, 7) is 6.08. The van der Waals surface area contributed by atoms with Gasteiger partial charge in [0.05, 0.1) is 12.6 Å². The number of nitrogens with zero attached hydrogens (tertiary/aromatic N) is 3. The van der Waals surface area contributed by atoms with Gasteiger partial charge in [-0.2, -0.15) is 0 Å². The standard InChI is InChI=1S/C27H32N4O2/c1-17-8-9-19(31-15-20(16-31)30(3)4)14-22(17)26(32)29-27(10-11-27)24-18(2)13-23(33-5)25-21(24)7-6-12-28-25/h6-9,12-14,20H,10-11,15-16H2,1-5H3,(H,29,32). The summed E-state index contributed by atoms with van der Waals surface area (Å²) in [4.78, 5) is 22.7. The molecule has 0 spiro atoms. The summed E-state index contributed by atoms with van der Waals surface area (Å²) in [6.07, 6.45) is 3.63. The van der Waals surface area contributed by atoms with Gasteiger partial charge in [0.15, 0.2) is 0 Å². The van der Waals surface area contributed by atoms with Crippen molar-refractivity contribution in [3.05, 3.63) is 64.8 Å². The van der Waals surface area contributed by atoms with Crippen LogP contribution in [0.25, 0.3) is 10.9 Å². The number of benzene rings is 2. The van der Waals surface area contributed by atoms with Crippen molar-refractivity contribution in [1.29, 1.82) is 0 Å². The van der Waals surface area contributed by atoms with Crippen molar-refractivity contribution in [2.75, 3.05) is 39.2 Å². The molecule has 0 radical (unpaired) electrons. The zero-order valence-corrected chi connectivity index (χ0v) is 20.1. The molecule has 6 nitrogen and oxygen atoms in total. The molecule has 1 aliphatic heterocycles. The second kappa shape index (κ2) is 8.03. The lowest BCUT2D eigenvalue weighted by molar-refractivity contribution is 0.0930. The molecule has 0 bridgehead atoms. The molecule has 1 aliphatic carbocycles. The molecule has 2 fully saturated rings. The van der Waals surface area contributed by atoms with Crippen LogP contribution in [-0.4, -0.2) is 56.1 Å². The largest absolute Gasteiger partial charge is 0.494 e. The normalized spacial score (nSPS) is 17.2. The number of nitrogens with one attached hydrogen (secondary N) is 1. The topological polar surface area (TPSA) is 57.7 Å². The van der Waals surface area contributed by atoms with E-state index in [1.54, 1.807) is 13.3 Å². The van der Waals surface area contributed by atoms with E-state index in [4.69, 9.17) is 4.74 Å². The predicted molar refractivity (Wildman–Crippen MR) is 132 cm³/mol. The molecule has 1 aromatic heterocycles. The van der Waals surface area contributed by atoms with Crippen LogP contribution in [0.5, 0.6) is 5.75 Å². The Hall–Kier alpha value is -3.12. The van der Waals surface area contributed by atoms with Crippen molar-refractivity contribution in [2.24, 2.45) is 0 Å². The molecule has 5 rings (SSSR count). The highest BCUT2D eigenvalue weighted by atomic mass is 16.5. The van der Waals surface area contributed by atoms with Crippen LogP contribution in [0.3, 0.4) is 0 Å². The first-order chi connectivity index (χ1) is 15.8. The second-order valence-electron chi connectivity index (χ2n) is 9.73. The van der Waals surface area contributed by atoms with Gasteiger partial charge < -0.3 is 19.9 Å². The van der Waals surface area contributed by atoms with Crippen molar-refractivity contribution >= 4 is 22.5 Å². The fourth-order valence-electron chi connectivity index (χ4n) is 5.03. The van der Waals surface area contributed by atoms with Crippen molar-refractivity contribution in [2.45, 2.75) is 38.3 Å². The van der Waals surface area contributed by atoms with Crippen molar-refractivity contribution in [3.8, 4) is 5.75 Å². The molecule has 1 N–H and O–H groups in total. The molecule has 1 saturated carbocycles. The number of hydrogen-bond donors (Lipinski definition) is 1. The van der Waals surface area contributed by atoms with E-state index in [9.17, 15) is 4.79 Å². The Labute approximate surface area is 195 Å². The average Bonchev–Trinajstić information content (AvgIpc) is 3.52. The van der Waals surface area contributed by atoms with Crippen LogP contribution in [0.15, 0.2) is 42.6 Å². The van der Waals surface area contributed by atoms with Gasteiger partial charge in [0, 0.05) is 42.0 Å². The summed E-state index contributed by atoms with van der Waals surface area (Å²) in [5.74, 6) is 0.756. The van der Waals surface area contributed by atoms with Gasteiger partial charge in [0.2, 0.25) is 0 Å². The number of pyridine rings is 1. The van der Waals surface area contributed by atoms with Crippen molar-refractivity contribution in [1.82, 2.24) is 15.2 Å². The summed E-state index contributed by atoms with van der Waals surface area (Å²) >= 11 is 0. The summed E-state index contributed by atoms with van der Waals surface area (Å²) in [5.41, 5.74) is 5.62. The Morgan fingerprint density at radius 2 is 1.91 bits per heavy atom. The Balaban J connectivity index is 1.45. The molecule has 1 amide bonds. The molecule has 2 aromatic carbocycles. The highest BCUT2D eigenvalue weighted by molar-refractivity contribution is 5.98. The molecule has 6 heteroatoms. The third-order valence-corrected chi connectivity index (χ3v) is 7.28. The van der Waals surface area contributed by atoms with E-state index in [1.807, 2.05) is 25.1 Å². The highest BCUT2D eigenvalue weighted by Crippen LogP contribution is 2.50. The molecule has 172 valence electrons. The minimum atomic E-state index is -0.357. The first kappa shape index (κ1) is 21.7. The van der Waals surface area contributed by atoms with Crippen LogP contribution < -0.4 is 15.0 Å². The van der Waals surface area contributed by atoms with Gasteiger partial charge in [0.25, 0.3) is 5.91 Å². The summed E-state index contributed by atoms with van der Waals surface area (Å²) in [6, 6.07) is 12.9. The Bertz CT molecular complexity index is 1230.